The van der Waals surface area contributed by atoms with Gasteiger partial charge in [0.15, 0.2) is 0 Å². The van der Waals surface area contributed by atoms with E-state index in [1.54, 1.807) is 24.3 Å². The van der Waals surface area contributed by atoms with E-state index in [-0.39, 0.29) is 132 Å². The number of amides is 8. The highest BCUT2D eigenvalue weighted by Gasteiger charge is 3.04. The van der Waals surface area contributed by atoms with Gasteiger partial charge in [-0.1, -0.05) is 17.7 Å². The molecule has 4 saturated heterocycles. The van der Waals surface area contributed by atoms with Gasteiger partial charge in [-0.25, -0.2) is 8.42 Å². The van der Waals surface area contributed by atoms with Crippen molar-refractivity contribution in [2.45, 2.75) is 100 Å². The minimum Gasteiger partial charge on any atom is -0.383 e. The van der Waals surface area contributed by atoms with E-state index in [1.807, 2.05) is 4.31 Å². The van der Waals surface area contributed by atoms with E-state index in [0.717, 1.165) is 62.2 Å². The normalized spacial score (nSPS) is 26.0. The number of imide groups is 2. The molecule has 23 nitrogen and oxygen atoms in total. The average Bonchev–Trinajstić information content (AvgIpc) is 1.40. The van der Waals surface area contributed by atoms with Crippen LogP contribution in [0.1, 0.15) is 107 Å². The smallest absolute Gasteiger partial charge is 0.264 e. The van der Waals surface area contributed by atoms with Gasteiger partial charge in [-0.2, -0.15) is 4.31 Å². The lowest BCUT2D eigenvalue weighted by molar-refractivity contribution is -0.136. The van der Waals surface area contributed by atoms with E-state index in [2.05, 4.69) is 36.8 Å². The molecule has 6 N–H and O–H groups in total. The van der Waals surface area contributed by atoms with Crippen LogP contribution in [0.5, 0.6) is 0 Å². The van der Waals surface area contributed by atoms with Gasteiger partial charge in [0.2, 0.25) is 39.6 Å². The van der Waals surface area contributed by atoms with E-state index in [9.17, 15) is 46.8 Å². The summed E-state index contributed by atoms with van der Waals surface area (Å²) in [6, 6.07) is 6.87. The summed E-state index contributed by atoms with van der Waals surface area (Å²) in [6.07, 6.45) is 6.02. The van der Waals surface area contributed by atoms with Gasteiger partial charge in [0.1, 0.15) is 6.04 Å². The topological polar surface area (TPSA) is 290 Å². The van der Waals surface area contributed by atoms with Crippen molar-refractivity contribution in [2.24, 2.45) is 11.3 Å². The molecule has 11 rings (SSSR count). The summed E-state index contributed by atoms with van der Waals surface area (Å²) >= 11 is 6.44. The van der Waals surface area contributed by atoms with Crippen molar-refractivity contribution in [3.63, 3.8) is 0 Å². The van der Waals surface area contributed by atoms with Crippen LogP contribution in [0.2, 0.25) is 5.02 Å². The molecule has 2 aromatic rings. The van der Waals surface area contributed by atoms with Gasteiger partial charge in [-0.3, -0.25) is 48.6 Å². The quantitative estimate of drug-likeness (QED) is 0.0495. The molecule has 422 valence electrons. The van der Waals surface area contributed by atoms with Crippen LogP contribution in [0.15, 0.2) is 30.3 Å². The molecule has 5 atom stereocenters. The van der Waals surface area contributed by atoms with Crippen molar-refractivity contribution in [3.8, 4) is 0 Å². The fraction of sp³-hybridized carbons (Fsp3) is 0.623. The third-order valence-corrected chi connectivity index (χ3v) is 19.2. The average molecular weight is 1120 g/mol. The number of rotatable bonds is 29. The first kappa shape index (κ1) is 55.7. The molecule has 3 aliphatic carbocycles. The zero-order valence-electron chi connectivity index (χ0n) is 43.6. The van der Waals surface area contributed by atoms with Crippen molar-refractivity contribution in [1.82, 2.24) is 35.4 Å². The van der Waals surface area contributed by atoms with E-state index in [0.29, 0.717) is 76.0 Å². The maximum Gasteiger partial charge on any atom is 0.264 e. The lowest BCUT2D eigenvalue weighted by atomic mass is 9.79. The highest BCUT2D eigenvalue weighted by atomic mass is 35.5. The first-order valence-electron chi connectivity index (χ1n) is 27.2. The second kappa shape index (κ2) is 23.2. The van der Waals surface area contributed by atoms with E-state index >= 15 is 0 Å². The third-order valence-electron chi connectivity index (χ3n) is 16.8. The zero-order chi connectivity index (χ0) is 54.8. The number of halogens is 1. The summed E-state index contributed by atoms with van der Waals surface area (Å²) in [7, 11) is -3.49. The van der Waals surface area contributed by atoms with Gasteiger partial charge in [0, 0.05) is 72.8 Å². The first-order valence-corrected chi connectivity index (χ1v) is 29.1. The Morgan fingerprint density at radius 2 is 1.40 bits per heavy atom. The molecule has 8 amide bonds. The largest absolute Gasteiger partial charge is 0.383 e. The van der Waals surface area contributed by atoms with Gasteiger partial charge in [-0.15, -0.1) is 0 Å². The highest BCUT2D eigenvalue weighted by Crippen LogP contribution is 2.97. The maximum absolute atomic E-state index is 14.0. The number of sulfonamides is 1. The van der Waals surface area contributed by atoms with Crippen molar-refractivity contribution >= 4 is 80.3 Å². The van der Waals surface area contributed by atoms with Gasteiger partial charge in [-0.05, 0) is 107 Å². The number of hydrogen-bond donors (Lipinski definition) is 6. The summed E-state index contributed by atoms with van der Waals surface area (Å²) < 4.78 is 52.0. The molecule has 9 aliphatic rings. The molecule has 6 aliphatic heterocycles. The number of fused-ring (bicyclic) bond motifs is 4. The number of nitrogens with zero attached hydrogens (tertiary/aromatic N) is 3. The van der Waals surface area contributed by atoms with Gasteiger partial charge >= 0.3 is 0 Å². The third kappa shape index (κ3) is 11.3. The second-order valence-electron chi connectivity index (χ2n) is 21.7. The Balaban J connectivity index is 0.498. The Bertz CT molecular complexity index is 2820. The number of carbonyl (C=O) groups excluding carboxylic acids is 8. The number of carbonyl (C=O) groups is 8. The van der Waals surface area contributed by atoms with Crippen LogP contribution in [0.25, 0.3) is 0 Å². The van der Waals surface area contributed by atoms with Crippen LogP contribution in [0.3, 0.4) is 0 Å². The minimum absolute atomic E-state index is 0.0308. The SMILES string of the molecule is O=C(CCOCCOCCOCCOCCC(=O)NCCNc1cccc2c1C(=O)N(C1CCC(=O)NC1=O)C2=O)NCCCN1CCC(CS(=O)(=O)N2C34CC(NC(=O)c5cc6c(cc5Cl)NC(=O)C6)C[C@]25CC35C4)CC1. The molecule has 4 unspecified atom stereocenters. The van der Waals surface area contributed by atoms with Crippen molar-refractivity contribution < 1.29 is 65.7 Å². The number of benzene rings is 2. The molecule has 0 aromatic heterocycles. The van der Waals surface area contributed by atoms with Crippen LogP contribution in [-0.2, 0) is 59.4 Å². The Hall–Kier alpha value is -5.60. The Kier molecular flexibility index (Phi) is 16.6. The number of likely N-dealkylation sites (tertiary alicyclic amines) is 1. The second-order valence-corrected chi connectivity index (χ2v) is 24.0. The van der Waals surface area contributed by atoms with Crippen molar-refractivity contribution in [1.29, 1.82) is 0 Å². The number of ether oxygens (including phenoxy) is 4. The molecular formula is C53H68ClN9O14S. The lowest BCUT2D eigenvalue weighted by Gasteiger charge is -2.54. The van der Waals surface area contributed by atoms with Crippen molar-refractivity contribution in [2.75, 3.05) is 109 Å². The van der Waals surface area contributed by atoms with Crippen LogP contribution in [-0.4, -0.2) is 191 Å². The summed E-state index contributed by atoms with van der Waals surface area (Å²) in [6.45, 7) is 5.99. The van der Waals surface area contributed by atoms with Crippen LogP contribution in [0, 0.1) is 11.3 Å². The first-order chi connectivity index (χ1) is 37.5. The standard InChI is InChI=1S/C53H68ClN9O14S/c54-38-27-40-34(26-45(67)59-40)25-37(38)47(68)58-35-28-52-31-51(52)32-53(51,29-35)63(52)78(72,73)30-33-7-15-61(16-8-33)14-2-11-56-42(64)9-17-74-19-21-76-23-24-77-22-20-75-18-10-43(65)57-13-12-55-39-4-1-3-36-46(39)50(71)62(49(36)70)41-5-6-44(66)60-48(41)69/h1,3-4,25,27,33,35,41,55H,2,5-24,26,28-32H2,(H,56,64)(H,57,65)(H,58,68)(H,59,67)(H,60,66,69)/t35?,41?,51?,52-,53?/m1/s1. The van der Waals surface area contributed by atoms with Gasteiger partial charge < -0.3 is 50.4 Å². The zero-order valence-corrected chi connectivity index (χ0v) is 45.1. The molecular weight excluding hydrogens is 1050 g/mol. The molecule has 7 fully saturated rings. The monoisotopic (exact) mass is 1120 g/mol. The minimum atomic E-state index is -3.49. The number of anilines is 2. The molecule has 2 aromatic carbocycles. The van der Waals surface area contributed by atoms with E-state index in [1.165, 1.54) is 6.07 Å². The summed E-state index contributed by atoms with van der Waals surface area (Å²) in [4.78, 5) is 103. The van der Waals surface area contributed by atoms with E-state index < -0.39 is 39.7 Å². The maximum atomic E-state index is 14.0. The predicted octanol–water partition coefficient (Wildman–Crippen LogP) is 1.34. The molecule has 25 heteroatoms. The Morgan fingerprint density at radius 3 is 2.05 bits per heavy atom. The Labute approximate surface area is 457 Å². The van der Waals surface area contributed by atoms with Gasteiger partial charge in [0.25, 0.3) is 17.7 Å². The highest BCUT2D eigenvalue weighted by molar-refractivity contribution is 7.89. The van der Waals surface area contributed by atoms with Crippen molar-refractivity contribution in [3.05, 3.63) is 57.6 Å². The number of piperidine rings is 4. The predicted molar refractivity (Wildman–Crippen MR) is 281 cm³/mol. The Morgan fingerprint density at radius 1 is 0.756 bits per heavy atom. The molecule has 0 radical (unpaired) electrons. The lowest BCUT2D eigenvalue weighted by Crippen LogP contribution is -2.68. The van der Waals surface area contributed by atoms with Crippen LogP contribution in [0.4, 0.5) is 11.4 Å². The summed E-state index contributed by atoms with van der Waals surface area (Å²) in [5.41, 5.74) is 1.72. The van der Waals surface area contributed by atoms with Crippen LogP contribution < -0.4 is 31.9 Å². The van der Waals surface area contributed by atoms with Gasteiger partial charge in [0.05, 0.1) is 86.7 Å². The molecule has 2 bridgehead atoms. The summed E-state index contributed by atoms with van der Waals surface area (Å²) in [5.74, 6) is -2.83. The fourth-order valence-corrected chi connectivity index (χ4v) is 16.2. The number of nitrogens with one attached hydrogen (secondary N) is 6. The van der Waals surface area contributed by atoms with E-state index in [4.69, 9.17) is 30.5 Å². The molecule has 6 heterocycles. The molecule has 3 spiro atoms. The number of hydrogen-bond acceptors (Lipinski definition) is 16. The molecule has 3 saturated carbocycles. The summed E-state index contributed by atoms with van der Waals surface area (Å²) in [5, 5.41) is 17.2. The van der Waals surface area contributed by atoms with Crippen LogP contribution >= 0.6 is 11.6 Å². The molecule has 78 heavy (non-hydrogen) atoms. The fourth-order valence-electron chi connectivity index (χ4n) is 13.1.